The van der Waals surface area contributed by atoms with E-state index in [4.69, 9.17) is 22.1 Å². The molecule has 0 saturated carbocycles. The first kappa shape index (κ1) is 14.2. The van der Waals surface area contributed by atoms with Crippen molar-refractivity contribution in [2.75, 3.05) is 5.73 Å². The van der Waals surface area contributed by atoms with E-state index in [1.54, 1.807) is 18.2 Å². The number of nitrogen functional groups attached to an aromatic ring is 1. The van der Waals surface area contributed by atoms with Gasteiger partial charge in [0.2, 0.25) is 0 Å². The Morgan fingerprint density at radius 3 is 2.58 bits per heavy atom. The van der Waals surface area contributed by atoms with Gasteiger partial charge in [-0.1, -0.05) is 47.4 Å². The summed E-state index contributed by atoms with van der Waals surface area (Å²) in [7, 11) is 0. The fraction of sp³-hybridized carbons (Fsp3) is 0.200. The number of nitrogens with two attached hydrogens (primary N) is 1. The van der Waals surface area contributed by atoms with E-state index in [1.807, 2.05) is 18.2 Å². The molecule has 0 aromatic heterocycles. The summed E-state index contributed by atoms with van der Waals surface area (Å²) in [5.74, 6) is 1.63. The number of rotatable bonds is 3. The van der Waals surface area contributed by atoms with Gasteiger partial charge in [0, 0.05) is 4.47 Å². The summed E-state index contributed by atoms with van der Waals surface area (Å²) >= 11 is 9.60. The Bertz CT molecular complexity index is 578. The molecule has 0 unspecified atom stereocenters. The average Bonchev–Trinajstić information content (AvgIpc) is 2.35. The van der Waals surface area contributed by atoms with Gasteiger partial charge >= 0.3 is 0 Å². The van der Waals surface area contributed by atoms with Gasteiger partial charge in [-0.15, -0.1) is 0 Å². The summed E-state index contributed by atoms with van der Waals surface area (Å²) in [6.07, 6.45) is 0. The molecule has 0 atom stereocenters. The van der Waals surface area contributed by atoms with Gasteiger partial charge in [0.05, 0.1) is 10.7 Å². The Morgan fingerprint density at radius 2 is 1.95 bits per heavy atom. The first-order valence-corrected chi connectivity index (χ1v) is 7.17. The number of hydrogen-bond acceptors (Lipinski definition) is 2. The van der Waals surface area contributed by atoms with Crippen molar-refractivity contribution < 1.29 is 4.74 Å². The summed E-state index contributed by atoms with van der Waals surface area (Å²) in [6, 6.07) is 11.2. The molecular weight excluding hydrogens is 326 g/mol. The Labute approximate surface area is 126 Å². The van der Waals surface area contributed by atoms with Crippen LogP contribution in [0.25, 0.3) is 0 Å². The summed E-state index contributed by atoms with van der Waals surface area (Å²) in [5.41, 5.74) is 7.54. The van der Waals surface area contributed by atoms with E-state index in [0.29, 0.717) is 22.4 Å². The highest BCUT2D eigenvalue weighted by atomic mass is 79.9. The maximum absolute atomic E-state index is 6.13. The number of hydrogen-bond donors (Lipinski definition) is 1. The Morgan fingerprint density at radius 1 is 1.21 bits per heavy atom. The monoisotopic (exact) mass is 339 g/mol. The third kappa shape index (κ3) is 3.23. The number of benzene rings is 2. The normalized spacial score (nSPS) is 10.8. The second-order valence-corrected chi connectivity index (χ2v) is 5.92. The third-order valence-corrected chi connectivity index (χ3v) is 3.59. The molecule has 0 aliphatic rings. The molecular formula is C15H15BrClNO. The lowest BCUT2D eigenvalue weighted by Crippen LogP contribution is -1.97. The van der Waals surface area contributed by atoms with Gasteiger partial charge in [-0.25, -0.2) is 0 Å². The third-order valence-electron chi connectivity index (χ3n) is 2.80. The van der Waals surface area contributed by atoms with Crippen LogP contribution in [0.3, 0.4) is 0 Å². The van der Waals surface area contributed by atoms with Gasteiger partial charge in [0.1, 0.15) is 5.75 Å². The van der Waals surface area contributed by atoms with Crippen molar-refractivity contribution in [2.24, 2.45) is 0 Å². The molecule has 0 heterocycles. The van der Waals surface area contributed by atoms with Crippen molar-refractivity contribution in [2.45, 2.75) is 19.8 Å². The minimum atomic E-state index is 0.344. The topological polar surface area (TPSA) is 35.2 Å². The van der Waals surface area contributed by atoms with Crippen LogP contribution in [0.15, 0.2) is 40.9 Å². The molecule has 0 fully saturated rings. The van der Waals surface area contributed by atoms with Gasteiger partial charge in [-0.05, 0) is 41.8 Å². The van der Waals surface area contributed by atoms with Crippen LogP contribution in [0.1, 0.15) is 25.3 Å². The first-order valence-electron chi connectivity index (χ1n) is 6.00. The molecule has 2 aromatic carbocycles. The van der Waals surface area contributed by atoms with Gasteiger partial charge in [-0.2, -0.15) is 0 Å². The number of para-hydroxylation sites is 1. The smallest absolute Gasteiger partial charge is 0.168 e. The van der Waals surface area contributed by atoms with Crippen LogP contribution in [-0.2, 0) is 0 Å². The quantitative estimate of drug-likeness (QED) is 0.738. The van der Waals surface area contributed by atoms with Crippen molar-refractivity contribution in [1.82, 2.24) is 0 Å². The maximum Gasteiger partial charge on any atom is 0.168 e. The zero-order valence-electron chi connectivity index (χ0n) is 10.8. The van der Waals surface area contributed by atoms with Gasteiger partial charge in [0.25, 0.3) is 0 Å². The van der Waals surface area contributed by atoms with E-state index in [1.165, 1.54) is 0 Å². The average molecular weight is 341 g/mol. The predicted molar refractivity (Wildman–Crippen MR) is 84.2 cm³/mol. The lowest BCUT2D eigenvalue weighted by molar-refractivity contribution is 0.475. The summed E-state index contributed by atoms with van der Waals surface area (Å²) in [6.45, 7) is 4.23. The van der Waals surface area contributed by atoms with Crippen molar-refractivity contribution in [3.05, 3.63) is 51.5 Å². The minimum absolute atomic E-state index is 0.344. The Balaban J connectivity index is 2.44. The predicted octanol–water partition coefficient (Wildman–Crippen LogP) is 5.60. The van der Waals surface area contributed by atoms with E-state index >= 15 is 0 Å². The molecule has 0 saturated heterocycles. The Kier molecular flexibility index (Phi) is 4.38. The SMILES string of the molecule is CC(C)c1cc(Br)ccc1Oc1c(N)cccc1Cl. The van der Waals surface area contributed by atoms with Crippen molar-refractivity contribution in [1.29, 1.82) is 0 Å². The van der Waals surface area contributed by atoms with Crippen LogP contribution in [-0.4, -0.2) is 0 Å². The zero-order valence-corrected chi connectivity index (χ0v) is 13.1. The zero-order chi connectivity index (χ0) is 14.0. The minimum Gasteiger partial charge on any atom is -0.453 e. The van der Waals surface area contributed by atoms with Gasteiger partial charge < -0.3 is 10.5 Å². The van der Waals surface area contributed by atoms with Gasteiger partial charge in [-0.3, -0.25) is 0 Å². The largest absolute Gasteiger partial charge is 0.453 e. The van der Waals surface area contributed by atoms with E-state index < -0.39 is 0 Å². The number of ether oxygens (including phenoxy) is 1. The molecule has 2 aromatic rings. The van der Waals surface area contributed by atoms with Gasteiger partial charge in [0.15, 0.2) is 5.75 Å². The molecule has 0 bridgehead atoms. The molecule has 0 amide bonds. The van der Waals surface area contributed by atoms with E-state index in [9.17, 15) is 0 Å². The Hall–Kier alpha value is -1.19. The molecule has 0 aliphatic heterocycles. The summed E-state index contributed by atoms with van der Waals surface area (Å²) in [5, 5.41) is 0.512. The number of anilines is 1. The fourth-order valence-electron chi connectivity index (χ4n) is 1.81. The lowest BCUT2D eigenvalue weighted by atomic mass is 10.0. The molecule has 4 heteroatoms. The highest BCUT2D eigenvalue weighted by Crippen LogP contribution is 2.38. The molecule has 2 rings (SSSR count). The van der Waals surface area contributed by atoms with Crippen LogP contribution in [0, 0.1) is 0 Å². The summed E-state index contributed by atoms with van der Waals surface area (Å²) in [4.78, 5) is 0. The summed E-state index contributed by atoms with van der Waals surface area (Å²) < 4.78 is 6.93. The number of halogens is 2. The van der Waals surface area contributed by atoms with Crippen LogP contribution in [0.2, 0.25) is 5.02 Å². The van der Waals surface area contributed by atoms with Crippen molar-refractivity contribution in [3.63, 3.8) is 0 Å². The molecule has 2 nitrogen and oxygen atoms in total. The molecule has 0 radical (unpaired) electrons. The van der Waals surface area contributed by atoms with Crippen LogP contribution in [0.5, 0.6) is 11.5 Å². The lowest BCUT2D eigenvalue weighted by Gasteiger charge is -2.16. The van der Waals surface area contributed by atoms with Crippen molar-refractivity contribution >= 4 is 33.2 Å². The second kappa shape index (κ2) is 5.85. The van der Waals surface area contributed by atoms with Crippen LogP contribution < -0.4 is 10.5 Å². The fourth-order valence-corrected chi connectivity index (χ4v) is 2.41. The molecule has 0 aliphatic carbocycles. The highest BCUT2D eigenvalue weighted by Gasteiger charge is 2.13. The second-order valence-electron chi connectivity index (χ2n) is 4.60. The van der Waals surface area contributed by atoms with Crippen LogP contribution >= 0.6 is 27.5 Å². The van der Waals surface area contributed by atoms with E-state index in [-0.39, 0.29) is 0 Å². The van der Waals surface area contributed by atoms with Crippen LogP contribution in [0.4, 0.5) is 5.69 Å². The van der Waals surface area contributed by atoms with Crippen molar-refractivity contribution in [3.8, 4) is 11.5 Å². The highest BCUT2D eigenvalue weighted by molar-refractivity contribution is 9.10. The van der Waals surface area contributed by atoms with E-state index in [0.717, 1.165) is 15.8 Å². The van der Waals surface area contributed by atoms with E-state index in [2.05, 4.69) is 29.8 Å². The molecule has 19 heavy (non-hydrogen) atoms. The standard InChI is InChI=1S/C15H15BrClNO/c1-9(2)11-8-10(16)6-7-14(11)19-15-12(17)4-3-5-13(15)18/h3-9H,18H2,1-2H3. The first-order chi connectivity index (χ1) is 8.99. The molecule has 2 N–H and O–H groups in total. The molecule has 0 spiro atoms. The molecule has 100 valence electrons. The maximum atomic E-state index is 6.13.